The molecule has 1 aliphatic rings. The zero-order chi connectivity index (χ0) is 5.28. The van der Waals surface area contributed by atoms with Gasteiger partial charge in [0.05, 0.1) is 0 Å². The van der Waals surface area contributed by atoms with Gasteiger partial charge in [-0.3, -0.25) is 0 Å². The number of halogens is 1. The summed E-state index contributed by atoms with van der Waals surface area (Å²) in [7, 11) is 1.91. The first-order chi connectivity index (χ1) is 3.30. The fraction of sp³-hybridized carbons (Fsp3) is 0.500. The van der Waals surface area contributed by atoms with Gasteiger partial charge < -0.3 is 10.2 Å². The third-order valence-corrected chi connectivity index (χ3v) is 1.33. The molecule has 0 amide bonds. The van der Waals surface area contributed by atoms with E-state index in [2.05, 4.69) is 5.32 Å². The van der Waals surface area contributed by atoms with Gasteiger partial charge in [-0.2, -0.15) is 0 Å². The minimum Gasteiger partial charge on any atom is -0.357 e. The summed E-state index contributed by atoms with van der Waals surface area (Å²) in [6, 6.07) is 0. The van der Waals surface area contributed by atoms with Gasteiger partial charge in [0.25, 0.3) is 0 Å². The molecule has 0 aliphatic carbocycles. The van der Waals surface area contributed by atoms with Gasteiger partial charge in [-0.15, -0.1) is 0 Å². The second-order valence-electron chi connectivity index (χ2n) is 1.48. The van der Waals surface area contributed by atoms with Crippen molar-refractivity contribution in [2.45, 2.75) is 5.62 Å². The minimum atomic E-state index is -0.0417. The first-order valence-electron chi connectivity index (χ1n) is 2.09. The number of alkyl halides is 1. The van der Waals surface area contributed by atoms with Crippen LogP contribution >= 0.6 is 11.6 Å². The molecule has 2 nitrogen and oxygen atoms in total. The Hall–Kier alpha value is -0.370. The highest BCUT2D eigenvalue weighted by Crippen LogP contribution is 2.02. The molecule has 0 aromatic heterocycles. The molecule has 1 heterocycles. The lowest BCUT2D eigenvalue weighted by Gasteiger charge is -2.11. The number of nitrogens with one attached hydrogen (secondary N) is 1. The highest BCUT2D eigenvalue weighted by Gasteiger charge is 2.07. The van der Waals surface area contributed by atoms with Crippen molar-refractivity contribution >= 4 is 11.6 Å². The van der Waals surface area contributed by atoms with Crippen LogP contribution in [0.3, 0.4) is 0 Å². The van der Waals surface area contributed by atoms with Crippen molar-refractivity contribution in [2.24, 2.45) is 0 Å². The average molecular weight is 119 g/mol. The summed E-state index contributed by atoms with van der Waals surface area (Å²) in [5.41, 5.74) is -0.0417. The van der Waals surface area contributed by atoms with Crippen molar-refractivity contribution in [2.75, 3.05) is 7.05 Å². The molecular weight excluding hydrogens is 112 g/mol. The highest BCUT2D eigenvalue weighted by molar-refractivity contribution is 6.20. The van der Waals surface area contributed by atoms with Gasteiger partial charge in [-0.1, -0.05) is 11.6 Å². The van der Waals surface area contributed by atoms with Crippen molar-refractivity contribution in [3.63, 3.8) is 0 Å². The molecule has 0 saturated heterocycles. The summed E-state index contributed by atoms with van der Waals surface area (Å²) in [5.74, 6) is 0. The van der Waals surface area contributed by atoms with Crippen LogP contribution in [0.5, 0.6) is 0 Å². The van der Waals surface area contributed by atoms with E-state index in [4.69, 9.17) is 11.6 Å². The highest BCUT2D eigenvalue weighted by atomic mass is 35.5. The second kappa shape index (κ2) is 1.62. The van der Waals surface area contributed by atoms with Crippen molar-refractivity contribution in [3.8, 4) is 0 Å². The molecule has 1 unspecified atom stereocenters. The van der Waals surface area contributed by atoms with Crippen LogP contribution < -0.4 is 5.32 Å². The van der Waals surface area contributed by atoms with Gasteiger partial charge in [-0.25, -0.2) is 0 Å². The largest absolute Gasteiger partial charge is 0.357 e. The topological polar surface area (TPSA) is 15.3 Å². The molecule has 0 radical (unpaired) electrons. The van der Waals surface area contributed by atoms with Crippen molar-refractivity contribution < 1.29 is 0 Å². The van der Waals surface area contributed by atoms with E-state index in [9.17, 15) is 0 Å². The Morgan fingerprint density at radius 2 is 2.57 bits per heavy atom. The fourth-order valence-corrected chi connectivity index (χ4v) is 0.571. The molecule has 0 spiro atoms. The molecule has 0 bridgehead atoms. The molecule has 0 saturated carbocycles. The molecule has 1 N–H and O–H groups in total. The van der Waals surface area contributed by atoms with Gasteiger partial charge in [0.2, 0.25) is 0 Å². The van der Waals surface area contributed by atoms with Crippen molar-refractivity contribution in [3.05, 3.63) is 12.4 Å². The quantitative estimate of drug-likeness (QED) is 0.369. The molecule has 1 aliphatic heterocycles. The maximum Gasteiger partial charge on any atom is 0.176 e. The molecule has 40 valence electrons. The molecule has 1 atom stereocenters. The lowest BCUT2D eigenvalue weighted by atomic mass is 10.9. The Kier molecular flexibility index (Phi) is 1.11. The van der Waals surface area contributed by atoms with E-state index in [0.29, 0.717) is 0 Å². The van der Waals surface area contributed by atoms with Crippen molar-refractivity contribution in [1.82, 2.24) is 10.2 Å². The number of rotatable bonds is 0. The molecular formula is C4H7ClN2. The molecule has 0 aromatic rings. The molecule has 1 rings (SSSR count). The summed E-state index contributed by atoms with van der Waals surface area (Å²) in [6.07, 6.45) is 3.70. The van der Waals surface area contributed by atoms with Crippen LogP contribution in [-0.2, 0) is 0 Å². The van der Waals surface area contributed by atoms with Gasteiger partial charge >= 0.3 is 0 Å². The first-order valence-corrected chi connectivity index (χ1v) is 2.53. The first kappa shape index (κ1) is 4.78. The number of hydrogen-bond donors (Lipinski definition) is 1. The zero-order valence-electron chi connectivity index (χ0n) is 4.06. The van der Waals surface area contributed by atoms with E-state index in [-0.39, 0.29) is 5.62 Å². The third-order valence-electron chi connectivity index (χ3n) is 0.901. The third kappa shape index (κ3) is 0.800. The summed E-state index contributed by atoms with van der Waals surface area (Å²) in [6.45, 7) is 0. The molecule has 7 heavy (non-hydrogen) atoms. The smallest absolute Gasteiger partial charge is 0.176 e. The maximum atomic E-state index is 5.61. The van der Waals surface area contributed by atoms with E-state index < -0.39 is 0 Å². The molecule has 0 fully saturated rings. The SMILES string of the molecule is CN1C=CNC1Cl. The average Bonchev–Trinajstić information content (AvgIpc) is 1.91. The monoisotopic (exact) mass is 118 g/mol. The normalized spacial score (nSPS) is 28.3. The summed E-state index contributed by atoms with van der Waals surface area (Å²) >= 11 is 5.61. The predicted octanol–water partition coefficient (Wildman–Crippen LogP) is 0.515. The van der Waals surface area contributed by atoms with Crippen LogP contribution in [0.2, 0.25) is 0 Å². The Balaban J connectivity index is 2.45. The Morgan fingerprint density at radius 3 is 2.71 bits per heavy atom. The van der Waals surface area contributed by atoms with Crippen LogP contribution in [-0.4, -0.2) is 17.6 Å². The van der Waals surface area contributed by atoms with E-state index in [1.807, 2.05) is 24.3 Å². The van der Waals surface area contributed by atoms with Gasteiger partial charge in [0.15, 0.2) is 5.62 Å². The van der Waals surface area contributed by atoms with Crippen molar-refractivity contribution in [1.29, 1.82) is 0 Å². The van der Waals surface area contributed by atoms with Crippen LogP contribution in [0, 0.1) is 0 Å². The van der Waals surface area contributed by atoms with E-state index in [0.717, 1.165) is 0 Å². The lowest BCUT2D eigenvalue weighted by molar-refractivity contribution is 0.429. The minimum absolute atomic E-state index is 0.0417. The standard InChI is InChI=1S/C4H7ClN2/c1-7-3-2-6-4(7)5/h2-4,6H,1H3. The maximum absolute atomic E-state index is 5.61. The Bertz CT molecular complexity index is 91.7. The van der Waals surface area contributed by atoms with Crippen LogP contribution in [0.4, 0.5) is 0 Å². The zero-order valence-corrected chi connectivity index (χ0v) is 4.81. The molecule has 3 heteroatoms. The number of nitrogens with zero attached hydrogens (tertiary/aromatic N) is 1. The van der Waals surface area contributed by atoms with Gasteiger partial charge in [0, 0.05) is 19.4 Å². The lowest BCUT2D eigenvalue weighted by Crippen LogP contribution is -2.25. The van der Waals surface area contributed by atoms with Crippen LogP contribution in [0.25, 0.3) is 0 Å². The van der Waals surface area contributed by atoms with Crippen LogP contribution in [0.15, 0.2) is 12.4 Å². The molecule has 0 aromatic carbocycles. The summed E-state index contributed by atoms with van der Waals surface area (Å²) < 4.78 is 0. The van der Waals surface area contributed by atoms with E-state index in [1.54, 1.807) is 0 Å². The Labute approximate surface area is 47.8 Å². The van der Waals surface area contributed by atoms with Gasteiger partial charge in [0.1, 0.15) is 0 Å². The fourth-order valence-electron chi connectivity index (χ4n) is 0.433. The Morgan fingerprint density at radius 1 is 1.86 bits per heavy atom. The van der Waals surface area contributed by atoms with E-state index >= 15 is 0 Å². The number of hydrogen-bond acceptors (Lipinski definition) is 2. The van der Waals surface area contributed by atoms with E-state index in [1.165, 1.54) is 0 Å². The predicted molar refractivity (Wildman–Crippen MR) is 29.7 cm³/mol. The summed E-state index contributed by atoms with van der Waals surface area (Å²) in [5, 5.41) is 2.88. The van der Waals surface area contributed by atoms with Crippen LogP contribution in [0.1, 0.15) is 0 Å². The second-order valence-corrected chi connectivity index (χ2v) is 1.90. The van der Waals surface area contributed by atoms with Gasteiger partial charge in [-0.05, 0) is 0 Å². The summed E-state index contributed by atoms with van der Waals surface area (Å²) in [4.78, 5) is 1.88.